The average Bonchev–Trinajstić information content (AvgIpc) is 3.14. The molecule has 1 amide bonds. The van der Waals surface area contributed by atoms with Crippen molar-refractivity contribution in [2.45, 2.75) is 27.0 Å². The summed E-state index contributed by atoms with van der Waals surface area (Å²) in [7, 11) is 3.46. The van der Waals surface area contributed by atoms with Gasteiger partial charge in [0.1, 0.15) is 23.9 Å². The first kappa shape index (κ1) is 21.4. The third-order valence-electron chi connectivity index (χ3n) is 5.52. The lowest BCUT2D eigenvalue weighted by atomic mass is 10.1. The molecule has 0 fully saturated rings. The number of carbonyl (C=O) groups excluding carboxylic acids is 1. The lowest BCUT2D eigenvalue weighted by Gasteiger charge is -2.18. The molecule has 4 aromatic rings. The van der Waals surface area contributed by atoms with Crippen molar-refractivity contribution in [2.24, 2.45) is 0 Å². The van der Waals surface area contributed by atoms with E-state index in [0.29, 0.717) is 24.5 Å². The Labute approximate surface area is 187 Å². The maximum absolute atomic E-state index is 13.0. The Balaban J connectivity index is 1.44. The normalized spacial score (nSPS) is 10.9. The van der Waals surface area contributed by atoms with Gasteiger partial charge in [-0.15, -0.1) is 0 Å². The van der Waals surface area contributed by atoms with Crippen molar-refractivity contribution in [1.29, 1.82) is 0 Å². The molecule has 0 saturated carbocycles. The first-order chi connectivity index (χ1) is 15.4. The van der Waals surface area contributed by atoms with Gasteiger partial charge < -0.3 is 18.9 Å². The summed E-state index contributed by atoms with van der Waals surface area (Å²) < 4.78 is 16.3. The summed E-state index contributed by atoms with van der Waals surface area (Å²) in [6.45, 7) is 4.59. The zero-order valence-electron chi connectivity index (χ0n) is 18.7. The fourth-order valence-corrected chi connectivity index (χ4v) is 3.65. The van der Waals surface area contributed by atoms with Gasteiger partial charge in [-0.3, -0.25) is 4.79 Å². The molecule has 0 aliphatic heterocycles. The minimum atomic E-state index is -0.0670. The second-order valence-corrected chi connectivity index (χ2v) is 7.83. The summed E-state index contributed by atoms with van der Waals surface area (Å²) in [6.07, 6.45) is 0. The Hall–Kier alpha value is -3.80. The lowest BCUT2D eigenvalue weighted by molar-refractivity contribution is 0.0784. The molecule has 3 aromatic carbocycles. The number of aromatic nitrogens is 1. The average molecular weight is 431 g/mol. The van der Waals surface area contributed by atoms with Gasteiger partial charge in [-0.05, 0) is 66.6 Å². The summed E-state index contributed by atoms with van der Waals surface area (Å²) in [5.41, 5.74) is 3.37. The van der Waals surface area contributed by atoms with Crippen molar-refractivity contribution in [2.75, 3.05) is 14.2 Å². The van der Waals surface area contributed by atoms with E-state index < -0.39 is 0 Å². The van der Waals surface area contributed by atoms with E-state index in [1.54, 1.807) is 31.2 Å². The molecule has 0 unspecified atom stereocenters. The van der Waals surface area contributed by atoms with E-state index in [1.807, 2.05) is 50.2 Å². The molecule has 6 nitrogen and oxygen atoms in total. The molecule has 0 aliphatic carbocycles. The van der Waals surface area contributed by atoms with Crippen LogP contribution in [0, 0.1) is 13.8 Å². The van der Waals surface area contributed by atoms with E-state index in [-0.39, 0.29) is 5.91 Å². The maximum atomic E-state index is 13.0. The van der Waals surface area contributed by atoms with E-state index >= 15 is 0 Å². The molecule has 0 radical (unpaired) electrons. The molecule has 1 heterocycles. The van der Waals surface area contributed by atoms with Crippen LogP contribution >= 0.6 is 0 Å². The van der Waals surface area contributed by atoms with Crippen LogP contribution in [0.5, 0.6) is 11.5 Å². The number of nitrogens with zero attached hydrogens (tertiary/aromatic N) is 2. The molecular formula is C26H26N2O4. The molecule has 32 heavy (non-hydrogen) atoms. The topological polar surface area (TPSA) is 64.8 Å². The largest absolute Gasteiger partial charge is 0.497 e. The highest BCUT2D eigenvalue weighted by Gasteiger charge is 2.14. The minimum absolute atomic E-state index is 0.0670. The second kappa shape index (κ2) is 9.14. The van der Waals surface area contributed by atoms with E-state index in [4.69, 9.17) is 14.0 Å². The molecular weight excluding hydrogens is 404 g/mol. The molecule has 0 N–H and O–H groups in total. The number of hydrogen-bond donors (Lipinski definition) is 0. The number of fused-ring (bicyclic) bond motifs is 1. The summed E-state index contributed by atoms with van der Waals surface area (Å²) in [5.74, 6) is 2.13. The summed E-state index contributed by atoms with van der Waals surface area (Å²) >= 11 is 0. The van der Waals surface area contributed by atoms with Crippen LogP contribution in [0.1, 0.15) is 32.9 Å². The molecule has 0 bridgehead atoms. The molecule has 0 aliphatic rings. The summed E-state index contributed by atoms with van der Waals surface area (Å²) in [5, 5.41) is 6.15. The van der Waals surface area contributed by atoms with Gasteiger partial charge in [0.2, 0.25) is 0 Å². The van der Waals surface area contributed by atoms with Crippen LogP contribution in [0.15, 0.2) is 65.2 Å². The molecule has 4 rings (SSSR count). The van der Waals surface area contributed by atoms with Crippen molar-refractivity contribution < 1.29 is 18.8 Å². The van der Waals surface area contributed by atoms with Crippen molar-refractivity contribution in [3.63, 3.8) is 0 Å². The minimum Gasteiger partial charge on any atom is -0.497 e. The third-order valence-corrected chi connectivity index (χ3v) is 5.52. The fraction of sp³-hybridized carbons (Fsp3) is 0.231. The highest BCUT2D eigenvalue weighted by Crippen LogP contribution is 2.23. The molecule has 1 aromatic heterocycles. The smallest absolute Gasteiger partial charge is 0.254 e. The van der Waals surface area contributed by atoms with Crippen LogP contribution in [0.4, 0.5) is 0 Å². The highest BCUT2D eigenvalue weighted by molar-refractivity contribution is 5.94. The zero-order valence-corrected chi connectivity index (χ0v) is 18.7. The van der Waals surface area contributed by atoms with E-state index in [0.717, 1.165) is 39.1 Å². The first-order valence-corrected chi connectivity index (χ1v) is 10.4. The number of hydrogen-bond acceptors (Lipinski definition) is 5. The maximum Gasteiger partial charge on any atom is 0.254 e. The molecule has 0 saturated heterocycles. The van der Waals surface area contributed by atoms with E-state index in [1.165, 1.54) is 0 Å². The van der Waals surface area contributed by atoms with Crippen LogP contribution in [0.2, 0.25) is 0 Å². The van der Waals surface area contributed by atoms with Crippen molar-refractivity contribution in [1.82, 2.24) is 10.1 Å². The van der Waals surface area contributed by atoms with Crippen LogP contribution < -0.4 is 9.47 Å². The van der Waals surface area contributed by atoms with Gasteiger partial charge in [0.25, 0.3) is 5.91 Å². The number of carbonyl (C=O) groups is 1. The number of rotatable bonds is 7. The van der Waals surface area contributed by atoms with Gasteiger partial charge in [0.05, 0.1) is 18.4 Å². The molecule has 6 heteroatoms. The number of methoxy groups -OCH3 is 1. The van der Waals surface area contributed by atoms with Crippen molar-refractivity contribution >= 4 is 16.7 Å². The van der Waals surface area contributed by atoms with Crippen LogP contribution in [0.3, 0.4) is 0 Å². The SMILES string of the molecule is COc1ccc2cc(CN(C)C(=O)c3cccc(OCc4c(C)noc4C)c3)ccc2c1. The molecule has 0 atom stereocenters. The number of benzene rings is 3. The monoisotopic (exact) mass is 430 g/mol. The van der Waals surface area contributed by atoms with Gasteiger partial charge in [0.15, 0.2) is 0 Å². The zero-order chi connectivity index (χ0) is 22.7. The standard InChI is InChI=1S/C26H26N2O4/c1-17-25(18(2)32-27-17)16-31-24-7-5-6-22(14-24)26(29)28(3)15-19-8-9-21-13-23(30-4)11-10-20(21)12-19/h5-14H,15-16H2,1-4H3. The van der Waals surface area contributed by atoms with Gasteiger partial charge in [-0.25, -0.2) is 0 Å². The van der Waals surface area contributed by atoms with Crippen molar-refractivity contribution in [3.05, 3.63) is 88.8 Å². The summed E-state index contributed by atoms with van der Waals surface area (Å²) in [6, 6.07) is 19.4. The first-order valence-electron chi connectivity index (χ1n) is 10.4. The van der Waals surface area contributed by atoms with Crippen LogP contribution in [-0.2, 0) is 13.2 Å². The second-order valence-electron chi connectivity index (χ2n) is 7.83. The Morgan fingerprint density at radius 1 is 1.00 bits per heavy atom. The Kier molecular flexibility index (Phi) is 6.12. The van der Waals surface area contributed by atoms with Crippen molar-refractivity contribution in [3.8, 4) is 11.5 Å². The Morgan fingerprint density at radius 2 is 1.78 bits per heavy atom. The predicted octanol–water partition coefficient (Wildman–Crippen LogP) is 5.30. The third kappa shape index (κ3) is 4.59. The molecule has 0 spiro atoms. The highest BCUT2D eigenvalue weighted by atomic mass is 16.5. The van der Waals surface area contributed by atoms with Gasteiger partial charge in [0, 0.05) is 19.2 Å². The molecule has 164 valence electrons. The number of amides is 1. The number of aryl methyl sites for hydroxylation is 2. The Morgan fingerprint density at radius 3 is 2.53 bits per heavy atom. The summed E-state index contributed by atoms with van der Waals surface area (Å²) in [4.78, 5) is 14.7. The van der Waals surface area contributed by atoms with Crippen LogP contribution in [0.25, 0.3) is 10.8 Å². The lowest BCUT2D eigenvalue weighted by Crippen LogP contribution is -2.26. The van der Waals surface area contributed by atoms with E-state index in [9.17, 15) is 4.79 Å². The van der Waals surface area contributed by atoms with E-state index in [2.05, 4.69) is 17.3 Å². The quantitative estimate of drug-likeness (QED) is 0.398. The fourth-order valence-electron chi connectivity index (χ4n) is 3.65. The van der Waals surface area contributed by atoms with Crippen LogP contribution in [-0.4, -0.2) is 30.1 Å². The van der Waals surface area contributed by atoms with Gasteiger partial charge >= 0.3 is 0 Å². The van der Waals surface area contributed by atoms with Gasteiger partial charge in [-0.1, -0.05) is 29.4 Å². The Bertz CT molecular complexity index is 1240. The predicted molar refractivity (Wildman–Crippen MR) is 123 cm³/mol. The van der Waals surface area contributed by atoms with Gasteiger partial charge in [-0.2, -0.15) is 0 Å². The number of ether oxygens (including phenoxy) is 2.